The van der Waals surface area contributed by atoms with Crippen LogP contribution in [0.15, 0.2) is 48.5 Å². The molecule has 0 saturated carbocycles. The molecular weight excluding hydrogens is 343 g/mol. The summed E-state index contributed by atoms with van der Waals surface area (Å²) in [5.74, 6) is -1.02. The molecule has 2 aromatic rings. The Kier molecular flexibility index (Phi) is 4.77. The summed E-state index contributed by atoms with van der Waals surface area (Å²) < 4.78 is 13.6. The van der Waals surface area contributed by atoms with Crippen LogP contribution in [0.1, 0.15) is 19.4 Å². The quantitative estimate of drug-likeness (QED) is 0.754. The number of halogens is 2. The minimum atomic E-state index is -0.618. The molecule has 6 heteroatoms. The Hall–Kier alpha value is -2.40. The highest BCUT2D eigenvalue weighted by Gasteiger charge is 2.47. The third-order valence-corrected chi connectivity index (χ3v) is 4.54. The normalized spacial score (nSPS) is 17.7. The predicted octanol–water partition coefficient (Wildman–Crippen LogP) is 4.47. The molecule has 4 nitrogen and oxygen atoms in total. The second-order valence-electron chi connectivity index (χ2n) is 6.35. The zero-order chi connectivity index (χ0) is 18.1. The lowest BCUT2D eigenvalue weighted by molar-refractivity contribution is -0.120. The Morgan fingerprint density at radius 2 is 1.80 bits per heavy atom. The number of nitrogens with zero attached hydrogens (tertiary/aromatic N) is 2. The van der Waals surface area contributed by atoms with Gasteiger partial charge in [0.05, 0.1) is 10.7 Å². The van der Waals surface area contributed by atoms with Crippen LogP contribution in [0.3, 0.4) is 0 Å². The predicted molar refractivity (Wildman–Crippen MR) is 94.9 cm³/mol. The molecule has 1 unspecified atom stereocenters. The van der Waals surface area contributed by atoms with E-state index in [2.05, 4.69) is 0 Å². The van der Waals surface area contributed by atoms with Crippen molar-refractivity contribution < 1.29 is 14.0 Å². The first-order valence-corrected chi connectivity index (χ1v) is 8.41. The second-order valence-corrected chi connectivity index (χ2v) is 6.76. The monoisotopic (exact) mass is 360 g/mol. The van der Waals surface area contributed by atoms with Gasteiger partial charge in [0.15, 0.2) is 0 Å². The number of imide groups is 1. The summed E-state index contributed by atoms with van der Waals surface area (Å²) in [7, 11) is 0. The lowest BCUT2D eigenvalue weighted by Gasteiger charge is -2.24. The van der Waals surface area contributed by atoms with Crippen molar-refractivity contribution in [2.45, 2.75) is 26.4 Å². The number of rotatable bonds is 4. The largest absolute Gasteiger partial charge is 0.332 e. The molecule has 2 aromatic carbocycles. The number of urea groups is 1. The standard InChI is InChI=1S/C19H18ClFN2O2/c1-12(2)17-18(24)23(16-10-14(21)8-9-15(16)20)19(25)22(17)11-13-6-4-3-5-7-13/h3-10,12,17H,11H2,1-2H3. The average molecular weight is 361 g/mol. The molecule has 1 aliphatic rings. The van der Waals surface area contributed by atoms with Crippen molar-refractivity contribution in [1.82, 2.24) is 4.90 Å². The van der Waals surface area contributed by atoms with Gasteiger partial charge in [-0.3, -0.25) is 4.79 Å². The summed E-state index contributed by atoms with van der Waals surface area (Å²) >= 11 is 6.11. The molecule has 0 aromatic heterocycles. The van der Waals surface area contributed by atoms with Crippen molar-refractivity contribution >= 4 is 29.2 Å². The topological polar surface area (TPSA) is 40.6 Å². The fourth-order valence-corrected chi connectivity index (χ4v) is 3.28. The molecule has 1 saturated heterocycles. The highest BCUT2D eigenvalue weighted by atomic mass is 35.5. The average Bonchev–Trinajstić information content (AvgIpc) is 2.81. The van der Waals surface area contributed by atoms with E-state index >= 15 is 0 Å². The maximum Gasteiger partial charge on any atom is 0.332 e. The lowest BCUT2D eigenvalue weighted by Crippen LogP contribution is -2.38. The van der Waals surface area contributed by atoms with Gasteiger partial charge >= 0.3 is 6.03 Å². The van der Waals surface area contributed by atoms with E-state index in [4.69, 9.17) is 11.6 Å². The molecule has 3 amide bonds. The number of carbonyl (C=O) groups is 2. The van der Waals surface area contributed by atoms with Gasteiger partial charge in [0.25, 0.3) is 5.91 Å². The van der Waals surface area contributed by atoms with Crippen molar-refractivity contribution in [3.05, 3.63) is 64.9 Å². The first-order chi connectivity index (χ1) is 11.9. The number of carbonyl (C=O) groups excluding carboxylic acids is 2. The summed E-state index contributed by atoms with van der Waals surface area (Å²) in [4.78, 5) is 28.4. The van der Waals surface area contributed by atoms with E-state index in [0.717, 1.165) is 16.5 Å². The smallest absolute Gasteiger partial charge is 0.307 e. The van der Waals surface area contributed by atoms with Crippen molar-refractivity contribution in [2.75, 3.05) is 4.90 Å². The van der Waals surface area contributed by atoms with Gasteiger partial charge in [-0.15, -0.1) is 0 Å². The van der Waals surface area contributed by atoms with Crippen LogP contribution in [0.25, 0.3) is 0 Å². The van der Waals surface area contributed by atoms with Crippen LogP contribution in [-0.2, 0) is 11.3 Å². The number of anilines is 1. The first-order valence-electron chi connectivity index (χ1n) is 8.03. The van der Waals surface area contributed by atoms with E-state index in [1.165, 1.54) is 17.0 Å². The Morgan fingerprint density at radius 1 is 1.12 bits per heavy atom. The van der Waals surface area contributed by atoms with Gasteiger partial charge in [-0.25, -0.2) is 14.1 Å². The van der Waals surface area contributed by atoms with Gasteiger partial charge < -0.3 is 4.90 Å². The summed E-state index contributed by atoms with van der Waals surface area (Å²) in [5.41, 5.74) is 0.999. The lowest BCUT2D eigenvalue weighted by atomic mass is 10.0. The SMILES string of the molecule is CC(C)C1C(=O)N(c2cc(F)ccc2Cl)C(=O)N1Cc1ccccc1. The highest BCUT2D eigenvalue weighted by molar-refractivity contribution is 6.35. The Morgan fingerprint density at radius 3 is 2.44 bits per heavy atom. The molecule has 1 aliphatic heterocycles. The third-order valence-electron chi connectivity index (χ3n) is 4.22. The zero-order valence-electron chi connectivity index (χ0n) is 13.9. The van der Waals surface area contributed by atoms with Gasteiger partial charge in [0.2, 0.25) is 0 Å². The van der Waals surface area contributed by atoms with Gasteiger partial charge in [0.1, 0.15) is 11.9 Å². The molecule has 1 fully saturated rings. The zero-order valence-corrected chi connectivity index (χ0v) is 14.7. The Balaban J connectivity index is 2.00. The Labute approximate surface area is 150 Å². The first kappa shape index (κ1) is 17.4. The van der Waals surface area contributed by atoms with Crippen molar-refractivity contribution in [2.24, 2.45) is 5.92 Å². The number of hydrogen-bond acceptors (Lipinski definition) is 2. The summed E-state index contributed by atoms with van der Waals surface area (Å²) in [5, 5.41) is 0.159. The number of benzene rings is 2. The van der Waals surface area contributed by atoms with Crippen LogP contribution in [0, 0.1) is 11.7 Å². The molecule has 0 N–H and O–H groups in total. The molecule has 1 atom stereocenters. The van der Waals surface area contributed by atoms with Gasteiger partial charge in [-0.2, -0.15) is 0 Å². The molecule has 130 valence electrons. The minimum Gasteiger partial charge on any atom is -0.307 e. The fraction of sp³-hybridized carbons (Fsp3) is 0.263. The van der Waals surface area contributed by atoms with Crippen LogP contribution in [-0.4, -0.2) is 22.9 Å². The van der Waals surface area contributed by atoms with Crippen LogP contribution in [0.4, 0.5) is 14.9 Å². The van der Waals surface area contributed by atoms with E-state index in [1.807, 2.05) is 44.2 Å². The second kappa shape index (κ2) is 6.84. The molecule has 25 heavy (non-hydrogen) atoms. The summed E-state index contributed by atoms with van der Waals surface area (Å²) in [6.07, 6.45) is 0. The van der Waals surface area contributed by atoms with Crippen molar-refractivity contribution in [3.63, 3.8) is 0 Å². The van der Waals surface area contributed by atoms with Crippen molar-refractivity contribution in [3.8, 4) is 0 Å². The summed E-state index contributed by atoms with van der Waals surface area (Å²) in [6, 6.07) is 12.0. The van der Waals surface area contributed by atoms with Gasteiger partial charge in [0, 0.05) is 6.54 Å². The molecule has 0 aliphatic carbocycles. The maximum atomic E-state index is 13.6. The molecule has 0 radical (unpaired) electrons. The highest BCUT2D eigenvalue weighted by Crippen LogP contribution is 2.34. The molecule has 1 heterocycles. The maximum absolute atomic E-state index is 13.6. The molecule has 0 spiro atoms. The van der Waals surface area contributed by atoms with Crippen LogP contribution >= 0.6 is 11.6 Å². The minimum absolute atomic E-state index is 0.0814. The fourth-order valence-electron chi connectivity index (χ4n) is 3.08. The summed E-state index contributed by atoms with van der Waals surface area (Å²) in [6.45, 7) is 4.06. The van der Waals surface area contributed by atoms with Crippen LogP contribution in [0.2, 0.25) is 5.02 Å². The number of amides is 3. The van der Waals surface area contributed by atoms with Crippen LogP contribution in [0.5, 0.6) is 0 Å². The van der Waals surface area contributed by atoms with Gasteiger partial charge in [-0.05, 0) is 29.7 Å². The van der Waals surface area contributed by atoms with Crippen LogP contribution < -0.4 is 4.90 Å². The molecule has 3 rings (SSSR count). The van der Waals surface area contributed by atoms with E-state index in [0.29, 0.717) is 6.54 Å². The van der Waals surface area contributed by atoms with E-state index in [1.54, 1.807) is 0 Å². The van der Waals surface area contributed by atoms with Crippen molar-refractivity contribution in [1.29, 1.82) is 0 Å². The van der Waals surface area contributed by atoms with Gasteiger partial charge in [-0.1, -0.05) is 55.8 Å². The third kappa shape index (κ3) is 3.24. The molecular formula is C19H18ClFN2O2. The van der Waals surface area contributed by atoms with E-state index in [9.17, 15) is 14.0 Å². The number of hydrogen-bond donors (Lipinski definition) is 0. The van der Waals surface area contributed by atoms with E-state index in [-0.39, 0.29) is 22.5 Å². The Bertz CT molecular complexity index is 810. The van der Waals surface area contributed by atoms with E-state index < -0.39 is 17.9 Å². The molecule has 0 bridgehead atoms.